The number of ketones is 1. The van der Waals surface area contributed by atoms with Gasteiger partial charge in [-0.05, 0) is 55.6 Å². The molecule has 16 heteroatoms. The molecule has 1 saturated heterocycles. The second kappa shape index (κ2) is 19.2. The highest BCUT2D eigenvalue weighted by Crippen LogP contribution is 2.30. The summed E-state index contributed by atoms with van der Waals surface area (Å²) in [5, 5.41) is 14.1. The molecule has 2 saturated carbocycles. The molecule has 2 aliphatic carbocycles. The minimum absolute atomic E-state index is 0.0305. The first kappa shape index (κ1) is 42.7. The van der Waals surface area contributed by atoms with Crippen molar-refractivity contribution in [3.63, 3.8) is 0 Å². The first-order chi connectivity index (χ1) is 27.2. The molecule has 2 heterocycles. The molecule has 5 N–H and O–H groups in total. The van der Waals surface area contributed by atoms with Crippen molar-refractivity contribution in [1.29, 1.82) is 0 Å². The van der Waals surface area contributed by atoms with Crippen molar-refractivity contribution in [2.24, 2.45) is 17.3 Å². The molecule has 308 valence electrons. The lowest BCUT2D eigenvalue weighted by molar-refractivity contribution is -0.143. The number of nitrogens with one attached hydrogen (secondary N) is 5. The van der Waals surface area contributed by atoms with E-state index >= 15 is 0 Å². The van der Waals surface area contributed by atoms with E-state index < -0.39 is 76.9 Å². The summed E-state index contributed by atoms with van der Waals surface area (Å²) >= 11 is 0. The maximum Gasteiger partial charge on any atom is 0.321 e. The molecule has 3 aliphatic rings. The van der Waals surface area contributed by atoms with E-state index in [0.717, 1.165) is 44.9 Å². The van der Waals surface area contributed by atoms with Crippen molar-refractivity contribution in [3.8, 4) is 0 Å². The number of carbonyl (C=O) groups excluding carboxylic acids is 7. The first-order valence-electron chi connectivity index (χ1n) is 20.1. The van der Waals surface area contributed by atoms with Gasteiger partial charge in [-0.1, -0.05) is 71.6 Å². The highest BCUT2D eigenvalue weighted by molar-refractivity contribution is 6.38. The summed E-state index contributed by atoms with van der Waals surface area (Å²) in [6, 6.07) is 4.27. The fourth-order valence-electron chi connectivity index (χ4n) is 7.55. The fourth-order valence-corrected chi connectivity index (χ4v) is 7.55. The van der Waals surface area contributed by atoms with Crippen LogP contribution < -0.4 is 26.6 Å². The van der Waals surface area contributed by atoms with E-state index in [2.05, 4.69) is 36.6 Å². The van der Waals surface area contributed by atoms with Crippen LogP contribution in [0.1, 0.15) is 96.0 Å². The van der Waals surface area contributed by atoms with Crippen molar-refractivity contribution in [1.82, 2.24) is 41.0 Å². The van der Waals surface area contributed by atoms with Gasteiger partial charge in [0.1, 0.15) is 17.8 Å². The third kappa shape index (κ3) is 11.3. The molecule has 5 atom stereocenters. The summed E-state index contributed by atoms with van der Waals surface area (Å²) in [6.07, 6.45) is 10.7. The predicted molar refractivity (Wildman–Crippen MR) is 211 cm³/mol. The monoisotopic (exact) mass is 787 g/mol. The Kier molecular flexibility index (Phi) is 14.4. The molecule has 0 bridgehead atoms. The number of rotatable bonds is 15. The second-order valence-electron chi connectivity index (χ2n) is 16.5. The summed E-state index contributed by atoms with van der Waals surface area (Å²) in [7, 11) is 1.53. The van der Waals surface area contributed by atoms with Crippen LogP contribution >= 0.6 is 0 Å². The van der Waals surface area contributed by atoms with Crippen molar-refractivity contribution in [2.75, 3.05) is 25.5 Å². The Labute approximate surface area is 334 Å². The van der Waals surface area contributed by atoms with E-state index in [0.29, 0.717) is 12.1 Å². The standard InChI is InChI=1S/C41H57N9O7/c1-6-13-29(33(51)38(55)44-27-18-19-27)46-35(52)28-23-50(40(57)45-26-16-11-8-12-17-26)24-31(28)49(5)39(56)34(41(2,3)4)48-37(54)32(25-14-9-7-10-15-25)47-36(53)30-22-42-20-21-43-30/h8,11-12,16-17,20-22,25,27-29,31-32,34H,6-7,9-10,13-15,18-19,23-24H2,1-5H3,(H,44,55)(H,45,57)(H,46,52)(H,47,53)(H,48,54)/t28-,29-,31-,32-,34+/m0/s1. The molecule has 1 aromatic carbocycles. The van der Waals surface area contributed by atoms with E-state index in [1.54, 1.807) is 24.3 Å². The summed E-state index contributed by atoms with van der Waals surface area (Å²) < 4.78 is 0. The van der Waals surface area contributed by atoms with Crippen LogP contribution in [-0.2, 0) is 24.0 Å². The number of hydrogen-bond acceptors (Lipinski definition) is 9. The van der Waals surface area contributed by atoms with Gasteiger partial charge in [0, 0.05) is 44.3 Å². The third-order valence-corrected chi connectivity index (χ3v) is 11.0. The molecule has 57 heavy (non-hydrogen) atoms. The zero-order chi connectivity index (χ0) is 41.3. The van der Waals surface area contributed by atoms with Crippen molar-refractivity contribution < 1.29 is 33.6 Å². The molecule has 7 amide bonds. The molecule has 0 radical (unpaired) electrons. The average molecular weight is 788 g/mol. The van der Waals surface area contributed by atoms with Gasteiger partial charge in [-0.25, -0.2) is 9.78 Å². The predicted octanol–water partition coefficient (Wildman–Crippen LogP) is 2.81. The number of para-hydroxylation sites is 1. The SMILES string of the molecule is CCC[C@H](NC(=O)[C@H]1CN(C(=O)Nc2ccccc2)C[C@@H]1N(C)C(=O)[C@@H](NC(=O)[C@@H](NC(=O)c1cnccn1)C1CCCCC1)C(C)(C)C)C(=O)C(=O)NC1CC1. The van der Waals surface area contributed by atoms with Crippen LogP contribution in [-0.4, -0.2) is 111 Å². The number of nitrogens with zero attached hydrogens (tertiary/aromatic N) is 4. The van der Waals surface area contributed by atoms with E-state index in [9.17, 15) is 33.6 Å². The summed E-state index contributed by atoms with van der Waals surface area (Å²) in [5.41, 5.74) is -0.227. The Morgan fingerprint density at radius 1 is 0.895 bits per heavy atom. The molecule has 0 unspecified atom stereocenters. The summed E-state index contributed by atoms with van der Waals surface area (Å²) in [6.45, 7) is 7.15. The lowest BCUT2D eigenvalue weighted by atomic mass is 9.82. The molecule has 1 aliphatic heterocycles. The Morgan fingerprint density at radius 3 is 2.21 bits per heavy atom. The Hall–Kier alpha value is -5.41. The van der Waals surface area contributed by atoms with Gasteiger partial charge in [0.05, 0.1) is 24.2 Å². The molecule has 0 spiro atoms. The normalized spacial score (nSPS) is 20.0. The topological polar surface area (TPSA) is 212 Å². The van der Waals surface area contributed by atoms with Crippen molar-refractivity contribution in [3.05, 3.63) is 54.6 Å². The van der Waals surface area contributed by atoms with Gasteiger partial charge in [0.15, 0.2) is 0 Å². The van der Waals surface area contributed by atoms with Crippen LogP contribution in [0.25, 0.3) is 0 Å². The number of benzene rings is 1. The van der Waals surface area contributed by atoms with Crippen molar-refractivity contribution >= 4 is 47.0 Å². The second-order valence-corrected chi connectivity index (χ2v) is 16.5. The maximum absolute atomic E-state index is 14.7. The Bertz CT molecular complexity index is 1760. The van der Waals surface area contributed by atoms with Crippen LogP contribution in [0.4, 0.5) is 10.5 Å². The minimum Gasteiger partial charge on any atom is -0.347 e. The van der Waals surface area contributed by atoms with Gasteiger partial charge in [-0.15, -0.1) is 0 Å². The summed E-state index contributed by atoms with van der Waals surface area (Å²) in [4.78, 5) is 107. The van der Waals surface area contributed by atoms with Crippen LogP contribution in [0.3, 0.4) is 0 Å². The van der Waals surface area contributed by atoms with Gasteiger partial charge in [-0.3, -0.25) is 33.8 Å². The van der Waals surface area contributed by atoms with Gasteiger partial charge in [0.2, 0.25) is 23.5 Å². The lowest BCUT2D eigenvalue weighted by Gasteiger charge is -2.38. The number of carbonyl (C=O) groups is 7. The number of aromatic nitrogens is 2. The van der Waals surface area contributed by atoms with Gasteiger partial charge in [-0.2, -0.15) is 0 Å². The Morgan fingerprint density at radius 2 is 1.60 bits per heavy atom. The average Bonchev–Trinajstić information content (AvgIpc) is 3.91. The zero-order valence-corrected chi connectivity index (χ0v) is 33.6. The third-order valence-electron chi connectivity index (χ3n) is 11.0. The van der Waals surface area contributed by atoms with Crippen LogP contribution in [0.5, 0.6) is 0 Å². The number of anilines is 1. The molecular weight excluding hydrogens is 731 g/mol. The maximum atomic E-state index is 14.7. The van der Waals surface area contributed by atoms with Crippen molar-refractivity contribution in [2.45, 2.75) is 116 Å². The van der Waals surface area contributed by atoms with E-state index in [1.807, 2.05) is 33.8 Å². The highest BCUT2D eigenvalue weighted by Gasteiger charge is 2.47. The van der Waals surface area contributed by atoms with E-state index in [4.69, 9.17) is 0 Å². The molecule has 1 aromatic heterocycles. The molecule has 2 aromatic rings. The quantitative estimate of drug-likeness (QED) is 0.168. The molecule has 16 nitrogen and oxygen atoms in total. The smallest absolute Gasteiger partial charge is 0.321 e. The van der Waals surface area contributed by atoms with Gasteiger partial charge < -0.3 is 36.4 Å². The first-order valence-corrected chi connectivity index (χ1v) is 20.1. The van der Waals surface area contributed by atoms with Crippen LogP contribution in [0, 0.1) is 17.3 Å². The van der Waals surface area contributed by atoms with Crippen LogP contribution in [0.15, 0.2) is 48.9 Å². The van der Waals surface area contributed by atoms with Gasteiger partial charge in [0.25, 0.3) is 11.8 Å². The zero-order valence-electron chi connectivity index (χ0n) is 33.6. The molecule has 5 rings (SSSR count). The van der Waals surface area contributed by atoms with Crippen LogP contribution in [0.2, 0.25) is 0 Å². The number of amides is 7. The van der Waals surface area contributed by atoms with Gasteiger partial charge >= 0.3 is 6.03 Å². The number of Topliss-reactive ketones (excluding diaryl/α,β-unsaturated/α-hetero) is 1. The van der Waals surface area contributed by atoms with E-state index in [-0.39, 0.29) is 37.2 Å². The number of likely N-dealkylation sites (N-methyl/N-ethyl adjacent to an activating group) is 1. The highest BCUT2D eigenvalue weighted by atomic mass is 16.2. The number of hydrogen-bond donors (Lipinski definition) is 5. The molecular formula is C41H57N9O7. The number of likely N-dealkylation sites (tertiary alicyclic amines) is 1. The van der Waals surface area contributed by atoms with E-state index in [1.165, 1.54) is 35.4 Å². The fraction of sp³-hybridized carbons (Fsp3) is 0.585. The Balaban J connectivity index is 1.38. The lowest BCUT2D eigenvalue weighted by Crippen LogP contribution is -2.61. The summed E-state index contributed by atoms with van der Waals surface area (Å²) in [5.74, 6) is -4.81. The molecule has 3 fully saturated rings. The largest absolute Gasteiger partial charge is 0.347 e. The minimum atomic E-state index is -1.11. The number of urea groups is 1.